The first-order valence-electron chi connectivity index (χ1n) is 8.65. The molecule has 0 aliphatic heterocycles. The van der Waals surface area contributed by atoms with Crippen molar-refractivity contribution in [3.63, 3.8) is 0 Å². The van der Waals surface area contributed by atoms with E-state index in [-0.39, 0.29) is 0 Å². The molecule has 0 amide bonds. The molecule has 3 heteroatoms. The number of aromatic nitrogens is 1. The minimum Gasteiger partial charge on any atom is -0.494 e. The maximum atomic E-state index is 6.86. The third-order valence-electron chi connectivity index (χ3n) is 4.33. The van der Waals surface area contributed by atoms with Gasteiger partial charge >= 0.3 is 0 Å². The highest BCUT2D eigenvalue weighted by atomic mass is 35.5. The summed E-state index contributed by atoms with van der Waals surface area (Å²) in [5.74, 6) is 0.844. The maximum Gasteiger partial charge on any atom is 0.119 e. The van der Waals surface area contributed by atoms with Crippen LogP contribution in [0, 0.1) is 0 Å². The molecule has 0 fully saturated rings. The van der Waals surface area contributed by atoms with Crippen molar-refractivity contribution in [2.45, 2.75) is 6.92 Å². The Morgan fingerprint density at radius 2 is 1.50 bits per heavy atom. The molecule has 0 radical (unpaired) electrons. The number of benzene rings is 3. The molecular weight excluding hydrogens is 342 g/mol. The summed E-state index contributed by atoms with van der Waals surface area (Å²) in [6, 6.07) is 26.2. The first kappa shape index (κ1) is 16.6. The molecule has 4 aromatic rings. The van der Waals surface area contributed by atoms with Gasteiger partial charge in [0.1, 0.15) is 5.75 Å². The van der Waals surface area contributed by atoms with Crippen LogP contribution in [0.2, 0.25) is 5.02 Å². The highest BCUT2D eigenvalue weighted by molar-refractivity contribution is 6.37. The zero-order valence-corrected chi connectivity index (χ0v) is 15.2. The van der Waals surface area contributed by atoms with Crippen molar-refractivity contribution in [2.75, 3.05) is 6.61 Å². The van der Waals surface area contributed by atoms with Gasteiger partial charge < -0.3 is 4.74 Å². The van der Waals surface area contributed by atoms with Gasteiger partial charge in [0.15, 0.2) is 0 Å². The smallest absolute Gasteiger partial charge is 0.119 e. The van der Waals surface area contributed by atoms with E-state index in [4.69, 9.17) is 21.3 Å². The molecule has 0 bridgehead atoms. The predicted molar refractivity (Wildman–Crippen MR) is 109 cm³/mol. The Kier molecular flexibility index (Phi) is 4.59. The lowest BCUT2D eigenvalue weighted by Crippen LogP contribution is -1.94. The van der Waals surface area contributed by atoms with Crippen LogP contribution in [0.25, 0.3) is 33.3 Å². The fourth-order valence-electron chi connectivity index (χ4n) is 3.14. The molecule has 0 saturated heterocycles. The summed E-state index contributed by atoms with van der Waals surface area (Å²) in [5.41, 5.74) is 4.79. The van der Waals surface area contributed by atoms with Gasteiger partial charge in [-0.15, -0.1) is 0 Å². The Hall–Kier alpha value is -2.84. The average Bonchev–Trinajstić information content (AvgIpc) is 2.69. The lowest BCUT2D eigenvalue weighted by molar-refractivity contribution is 0.340. The van der Waals surface area contributed by atoms with E-state index in [2.05, 4.69) is 18.2 Å². The number of fused-ring (bicyclic) bond motifs is 1. The summed E-state index contributed by atoms with van der Waals surface area (Å²) in [5, 5.41) is 1.72. The van der Waals surface area contributed by atoms with Crippen LogP contribution in [0.1, 0.15) is 6.92 Å². The van der Waals surface area contributed by atoms with E-state index in [0.29, 0.717) is 11.6 Å². The Balaban J connectivity index is 1.95. The molecule has 1 aromatic heterocycles. The Morgan fingerprint density at radius 1 is 0.808 bits per heavy atom. The summed E-state index contributed by atoms with van der Waals surface area (Å²) in [4.78, 5) is 4.83. The van der Waals surface area contributed by atoms with Crippen LogP contribution in [0.15, 0.2) is 78.9 Å². The first-order valence-corrected chi connectivity index (χ1v) is 9.02. The van der Waals surface area contributed by atoms with Crippen molar-refractivity contribution in [1.29, 1.82) is 0 Å². The van der Waals surface area contributed by atoms with Gasteiger partial charge in [0.05, 0.1) is 22.8 Å². The molecule has 4 rings (SSSR count). The fraction of sp³-hybridized carbons (Fsp3) is 0.0870. The standard InChI is InChI=1S/C23H18ClNO/c1-2-26-18-14-12-17(13-15-18)23-22(24)21(16-8-4-3-5-9-16)19-10-6-7-11-20(19)25-23/h3-15H,2H2,1H3. The Bertz CT molecular complexity index is 1040. The van der Waals surface area contributed by atoms with Crippen LogP contribution in [0.4, 0.5) is 0 Å². The van der Waals surface area contributed by atoms with Crippen LogP contribution in [0.5, 0.6) is 5.75 Å². The van der Waals surface area contributed by atoms with E-state index >= 15 is 0 Å². The summed E-state index contributed by atoms with van der Waals surface area (Å²) < 4.78 is 5.54. The topological polar surface area (TPSA) is 22.1 Å². The van der Waals surface area contributed by atoms with Crippen molar-refractivity contribution in [1.82, 2.24) is 4.98 Å². The number of nitrogens with zero attached hydrogens (tertiary/aromatic N) is 1. The van der Waals surface area contributed by atoms with Crippen LogP contribution >= 0.6 is 11.6 Å². The van der Waals surface area contributed by atoms with Crippen molar-refractivity contribution in [3.05, 3.63) is 83.9 Å². The highest BCUT2D eigenvalue weighted by Gasteiger charge is 2.16. The summed E-state index contributed by atoms with van der Waals surface area (Å²) in [6.07, 6.45) is 0. The molecule has 0 saturated carbocycles. The summed E-state index contributed by atoms with van der Waals surface area (Å²) >= 11 is 6.86. The normalized spacial score (nSPS) is 10.8. The van der Waals surface area contributed by atoms with Crippen molar-refractivity contribution >= 4 is 22.5 Å². The van der Waals surface area contributed by atoms with Gasteiger partial charge in [-0.2, -0.15) is 0 Å². The SMILES string of the molecule is CCOc1ccc(-c2nc3ccccc3c(-c3ccccc3)c2Cl)cc1. The summed E-state index contributed by atoms with van der Waals surface area (Å²) in [7, 11) is 0. The third-order valence-corrected chi connectivity index (χ3v) is 4.70. The molecule has 0 atom stereocenters. The maximum absolute atomic E-state index is 6.86. The van der Waals surface area contributed by atoms with Crippen LogP contribution in [-0.2, 0) is 0 Å². The second kappa shape index (κ2) is 7.19. The van der Waals surface area contributed by atoms with Gasteiger partial charge in [-0.3, -0.25) is 0 Å². The van der Waals surface area contributed by atoms with Gasteiger partial charge in [0.2, 0.25) is 0 Å². The number of rotatable bonds is 4. The molecular formula is C23H18ClNO. The molecule has 0 N–H and O–H groups in total. The van der Waals surface area contributed by atoms with E-state index in [1.807, 2.05) is 67.6 Å². The van der Waals surface area contributed by atoms with E-state index < -0.39 is 0 Å². The number of pyridine rings is 1. The molecule has 128 valence electrons. The van der Waals surface area contributed by atoms with Crippen molar-refractivity contribution in [2.24, 2.45) is 0 Å². The van der Waals surface area contributed by atoms with Gasteiger partial charge in [-0.05, 0) is 42.8 Å². The zero-order chi connectivity index (χ0) is 17.9. The van der Waals surface area contributed by atoms with Crippen molar-refractivity contribution in [3.8, 4) is 28.1 Å². The minimum atomic E-state index is 0.645. The Morgan fingerprint density at radius 3 is 2.23 bits per heavy atom. The van der Waals surface area contributed by atoms with Gasteiger partial charge in [0, 0.05) is 16.5 Å². The second-order valence-electron chi connectivity index (χ2n) is 5.99. The molecule has 3 aromatic carbocycles. The van der Waals surface area contributed by atoms with E-state index in [1.165, 1.54) is 0 Å². The zero-order valence-electron chi connectivity index (χ0n) is 14.4. The number of hydrogen-bond donors (Lipinski definition) is 0. The van der Waals surface area contributed by atoms with Gasteiger partial charge in [-0.25, -0.2) is 4.98 Å². The lowest BCUT2D eigenvalue weighted by Gasteiger charge is -2.14. The second-order valence-corrected chi connectivity index (χ2v) is 6.37. The van der Waals surface area contributed by atoms with E-state index in [0.717, 1.165) is 39.0 Å². The lowest BCUT2D eigenvalue weighted by atomic mass is 9.98. The number of halogens is 1. The Labute approximate surface area is 158 Å². The number of ether oxygens (including phenoxy) is 1. The predicted octanol–water partition coefficient (Wildman–Crippen LogP) is 6.62. The molecule has 26 heavy (non-hydrogen) atoms. The molecule has 0 aliphatic rings. The van der Waals surface area contributed by atoms with Crippen LogP contribution in [0.3, 0.4) is 0 Å². The van der Waals surface area contributed by atoms with E-state index in [1.54, 1.807) is 0 Å². The third kappa shape index (κ3) is 3.04. The van der Waals surface area contributed by atoms with E-state index in [9.17, 15) is 0 Å². The first-order chi connectivity index (χ1) is 12.8. The summed E-state index contributed by atoms with van der Waals surface area (Å²) in [6.45, 7) is 2.62. The highest BCUT2D eigenvalue weighted by Crippen LogP contribution is 2.40. The van der Waals surface area contributed by atoms with Gasteiger partial charge in [-0.1, -0.05) is 60.1 Å². The van der Waals surface area contributed by atoms with Crippen LogP contribution < -0.4 is 4.74 Å². The van der Waals surface area contributed by atoms with Gasteiger partial charge in [0.25, 0.3) is 0 Å². The van der Waals surface area contributed by atoms with Crippen LogP contribution in [-0.4, -0.2) is 11.6 Å². The van der Waals surface area contributed by atoms with Crippen molar-refractivity contribution < 1.29 is 4.74 Å². The fourth-order valence-corrected chi connectivity index (χ4v) is 3.50. The minimum absolute atomic E-state index is 0.645. The molecule has 0 aliphatic carbocycles. The molecule has 1 heterocycles. The quantitative estimate of drug-likeness (QED) is 0.408. The largest absolute Gasteiger partial charge is 0.494 e. The molecule has 2 nitrogen and oxygen atoms in total. The average molecular weight is 360 g/mol. The number of hydrogen-bond acceptors (Lipinski definition) is 2. The monoisotopic (exact) mass is 359 g/mol. The number of para-hydroxylation sites is 1. The molecule has 0 unspecified atom stereocenters. The molecule has 0 spiro atoms.